The standard InChI is InChI=1S/C18H26N2O3/c21-17(15-5-2-1-3-6-15)14-19-8-4-7-16(13-19)18(22)20-9-11-23-12-10-20/h1-3,5-6,16-17,21H,4,7-14H2. The Hall–Kier alpha value is -1.43. The number of carbonyl (C=O) groups is 1. The normalized spacial score (nSPS) is 24.4. The van der Waals surface area contributed by atoms with Gasteiger partial charge in [0.15, 0.2) is 0 Å². The molecule has 1 N–H and O–H groups in total. The number of β-amino-alcohol motifs (C(OH)–C–C–N with tert-alkyl or cyclic N) is 1. The molecule has 1 aromatic carbocycles. The van der Waals surface area contributed by atoms with Crippen LogP contribution >= 0.6 is 0 Å². The van der Waals surface area contributed by atoms with E-state index in [1.165, 1.54) is 0 Å². The molecule has 0 saturated carbocycles. The van der Waals surface area contributed by atoms with Crippen LogP contribution in [-0.2, 0) is 9.53 Å². The Labute approximate surface area is 137 Å². The molecule has 2 saturated heterocycles. The van der Waals surface area contributed by atoms with Gasteiger partial charge in [-0.05, 0) is 24.9 Å². The van der Waals surface area contributed by atoms with Crippen LogP contribution in [0.2, 0.25) is 0 Å². The van der Waals surface area contributed by atoms with E-state index in [0.29, 0.717) is 32.8 Å². The second-order valence-electron chi connectivity index (χ2n) is 6.46. The van der Waals surface area contributed by atoms with Gasteiger partial charge in [-0.2, -0.15) is 0 Å². The van der Waals surface area contributed by atoms with Crippen LogP contribution in [0.1, 0.15) is 24.5 Å². The molecule has 0 spiro atoms. The molecule has 1 aromatic rings. The Morgan fingerprint density at radius 1 is 1.22 bits per heavy atom. The Morgan fingerprint density at radius 2 is 1.96 bits per heavy atom. The first kappa shape index (κ1) is 16.4. The summed E-state index contributed by atoms with van der Waals surface area (Å²) in [4.78, 5) is 16.8. The molecule has 2 aliphatic rings. The summed E-state index contributed by atoms with van der Waals surface area (Å²) in [6.45, 7) is 5.02. The molecular formula is C18H26N2O3. The Kier molecular flexibility index (Phi) is 5.65. The third-order valence-electron chi connectivity index (χ3n) is 4.79. The van der Waals surface area contributed by atoms with E-state index in [4.69, 9.17) is 4.74 Å². The fourth-order valence-electron chi connectivity index (χ4n) is 3.49. The number of aliphatic hydroxyl groups is 1. The van der Waals surface area contributed by atoms with E-state index in [0.717, 1.165) is 31.5 Å². The van der Waals surface area contributed by atoms with E-state index in [9.17, 15) is 9.90 Å². The molecule has 3 rings (SSSR count). The maximum atomic E-state index is 12.6. The van der Waals surface area contributed by atoms with Gasteiger partial charge in [-0.3, -0.25) is 9.69 Å². The van der Waals surface area contributed by atoms with Gasteiger partial charge in [0.25, 0.3) is 0 Å². The second kappa shape index (κ2) is 7.90. The largest absolute Gasteiger partial charge is 0.387 e. The van der Waals surface area contributed by atoms with Crippen molar-refractivity contribution >= 4 is 5.91 Å². The molecule has 5 nitrogen and oxygen atoms in total. The molecule has 126 valence electrons. The summed E-state index contributed by atoms with van der Waals surface area (Å²) in [5.74, 6) is 0.317. The van der Waals surface area contributed by atoms with Crippen LogP contribution in [0, 0.1) is 5.92 Å². The van der Waals surface area contributed by atoms with E-state index >= 15 is 0 Å². The number of rotatable bonds is 4. The second-order valence-corrected chi connectivity index (χ2v) is 6.46. The van der Waals surface area contributed by atoms with Gasteiger partial charge in [0, 0.05) is 26.2 Å². The van der Waals surface area contributed by atoms with Crippen molar-refractivity contribution in [2.75, 3.05) is 45.9 Å². The number of amides is 1. The number of carbonyl (C=O) groups excluding carboxylic acids is 1. The maximum absolute atomic E-state index is 12.6. The predicted octanol–water partition coefficient (Wildman–Crippen LogP) is 1.29. The van der Waals surface area contributed by atoms with Gasteiger partial charge in [0.2, 0.25) is 5.91 Å². The topological polar surface area (TPSA) is 53.0 Å². The Balaban J connectivity index is 1.54. The highest BCUT2D eigenvalue weighted by Gasteiger charge is 2.30. The van der Waals surface area contributed by atoms with Gasteiger partial charge in [0.05, 0.1) is 25.2 Å². The first-order chi connectivity index (χ1) is 11.2. The van der Waals surface area contributed by atoms with Crippen molar-refractivity contribution in [1.29, 1.82) is 0 Å². The van der Waals surface area contributed by atoms with Crippen molar-refractivity contribution in [2.45, 2.75) is 18.9 Å². The lowest BCUT2D eigenvalue weighted by atomic mass is 9.95. The lowest BCUT2D eigenvalue weighted by Crippen LogP contribution is -2.48. The quantitative estimate of drug-likeness (QED) is 0.909. The Bertz CT molecular complexity index is 502. The minimum atomic E-state index is -0.492. The number of piperidine rings is 1. The van der Waals surface area contributed by atoms with Gasteiger partial charge >= 0.3 is 0 Å². The number of nitrogens with zero attached hydrogens (tertiary/aromatic N) is 2. The highest BCUT2D eigenvalue weighted by molar-refractivity contribution is 5.79. The van der Waals surface area contributed by atoms with Crippen molar-refractivity contribution in [1.82, 2.24) is 9.80 Å². The third kappa shape index (κ3) is 4.31. The Morgan fingerprint density at radius 3 is 2.70 bits per heavy atom. The summed E-state index contributed by atoms with van der Waals surface area (Å²) in [6, 6.07) is 9.74. The molecule has 0 radical (unpaired) electrons. The van der Waals surface area contributed by atoms with Gasteiger partial charge < -0.3 is 14.7 Å². The summed E-state index contributed by atoms with van der Waals surface area (Å²) >= 11 is 0. The molecular weight excluding hydrogens is 292 g/mol. The predicted molar refractivity (Wildman–Crippen MR) is 88.0 cm³/mol. The van der Waals surface area contributed by atoms with Crippen LogP contribution in [0.25, 0.3) is 0 Å². The van der Waals surface area contributed by atoms with Gasteiger partial charge in [-0.25, -0.2) is 0 Å². The summed E-state index contributed by atoms with van der Waals surface area (Å²) in [6.07, 6.45) is 1.48. The molecule has 2 unspecified atom stereocenters. The number of hydrogen-bond donors (Lipinski definition) is 1. The summed E-state index contributed by atoms with van der Waals surface area (Å²) in [5.41, 5.74) is 0.939. The fourth-order valence-corrected chi connectivity index (χ4v) is 3.49. The third-order valence-corrected chi connectivity index (χ3v) is 4.79. The average Bonchev–Trinajstić information content (AvgIpc) is 2.63. The molecule has 5 heteroatoms. The SMILES string of the molecule is O=C(C1CCCN(CC(O)c2ccccc2)C1)N1CCOCC1. The van der Waals surface area contributed by atoms with Crippen LogP contribution in [0.4, 0.5) is 0 Å². The molecule has 2 aliphatic heterocycles. The van der Waals surface area contributed by atoms with Crippen LogP contribution < -0.4 is 0 Å². The van der Waals surface area contributed by atoms with Crippen LogP contribution in [-0.4, -0.2) is 66.8 Å². The van der Waals surface area contributed by atoms with Crippen molar-refractivity contribution in [3.63, 3.8) is 0 Å². The summed E-state index contributed by atoms with van der Waals surface area (Å²) in [7, 11) is 0. The average molecular weight is 318 g/mol. The molecule has 2 heterocycles. The van der Waals surface area contributed by atoms with E-state index in [1.807, 2.05) is 35.2 Å². The van der Waals surface area contributed by atoms with E-state index in [2.05, 4.69) is 4.90 Å². The van der Waals surface area contributed by atoms with Crippen molar-refractivity contribution in [3.05, 3.63) is 35.9 Å². The number of benzene rings is 1. The highest BCUT2D eigenvalue weighted by Crippen LogP contribution is 2.22. The molecule has 2 atom stereocenters. The van der Waals surface area contributed by atoms with Gasteiger partial charge in [-0.1, -0.05) is 30.3 Å². The molecule has 2 fully saturated rings. The van der Waals surface area contributed by atoms with E-state index < -0.39 is 6.10 Å². The van der Waals surface area contributed by atoms with Crippen molar-refractivity contribution in [2.24, 2.45) is 5.92 Å². The molecule has 0 bridgehead atoms. The van der Waals surface area contributed by atoms with E-state index in [1.54, 1.807) is 0 Å². The van der Waals surface area contributed by atoms with Gasteiger partial charge in [0.1, 0.15) is 0 Å². The zero-order valence-electron chi connectivity index (χ0n) is 13.6. The van der Waals surface area contributed by atoms with Crippen molar-refractivity contribution in [3.8, 4) is 0 Å². The lowest BCUT2D eigenvalue weighted by molar-refractivity contribution is -0.141. The fraction of sp³-hybridized carbons (Fsp3) is 0.611. The molecule has 23 heavy (non-hydrogen) atoms. The van der Waals surface area contributed by atoms with Crippen molar-refractivity contribution < 1.29 is 14.6 Å². The van der Waals surface area contributed by atoms with Crippen LogP contribution in [0.15, 0.2) is 30.3 Å². The maximum Gasteiger partial charge on any atom is 0.227 e. The molecule has 1 amide bonds. The number of aliphatic hydroxyl groups excluding tert-OH is 1. The first-order valence-corrected chi connectivity index (χ1v) is 8.56. The number of likely N-dealkylation sites (tertiary alicyclic amines) is 1. The number of hydrogen-bond acceptors (Lipinski definition) is 4. The highest BCUT2D eigenvalue weighted by atomic mass is 16.5. The monoisotopic (exact) mass is 318 g/mol. The molecule has 0 aliphatic carbocycles. The zero-order chi connectivity index (χ0) is 16.1. The van der Waals surface area contributed by atoms with E-state index in [-0.39, 0.29) is 11.8 Å². The number of ether oxygens (including phenoxy) is 1. The minimum absolute atomic E-state index is 0.0600. The number of morpholine rings is 1. The summed E-state index contributed by atoms with van der Waals surface area (Å²) in [5, 5.41) is 10.4. The van der Waals surface area contributed by atoms with Crippen LogP contribution in [0.3, 0.4) is 0 Å². The lowest BCUT2D eigenvalue weighted by Gasteiger charge is -2.36. The smallest absolute Gasteiger partial charge is 0.227 e. The first-order valence-electron chi connectivity index (χ1n) is 8.56. The van der Waals surface area contributed by atoms with Gasteiger partial charge in [-0.15, -0.1) is 0 Å². The van der Waals surface area contributed by atoms with Crippen LogP contribution in [0.5, 0.6) is 0 Å². The minimum Gasteiger partial charge on any atom is -0.387 e. The molecule has 0 aromatic heterocycles. The summed E-state index contributed by atoms with van der Waals surface area (Å²) < 4.78 is 5.32. The zero-order valence-corrected chi connectivity index (χ0v) is 13.6.